The van der Waals surface area contributed by atoms with E-state index >= 15 is 0 Å². The van der Waals surface area contributed by atoms with E-state index in [2.05, 4.69) is 4.90 Å². The van der Waals surface area contributed by atoms with Crippen molar-refractivity contribution in [3.8, 4) is 0 Å². The summed E-state index contributed by atoms with van der Waals surface area (Å²) in [5.74, 6) is -0.0537. The molecule has 0 bridgehead atoms. The molecular formula is C17H24N2O3S. The number of sulfonamides is 1. The third kappa shape index (κ3) is 3.49. The first-order chi connectivity index (χ1) is 11.0. The van der Waals surface area contributed by atoms with Crippen LogP contribution in [0.4, 0.5) is 0 Å². The van der Waals surface area contributed by atoms with E-state index in [1.165, 1.54) is 19.8 Å². The van der Waals surface area contributed by atoms with Crippen LogP contribution < -0.4 is 0 Å². The third-order valence-corrected chi connectivity index (χ3v) is 6.82. The smallest absolute Gasteiger partial charge is 0.243 e. The topological polar surface area (TPSA) is 57.7 Å². The highest BCUT2D eigenvalue weighted by atomic mass is 32.2. The molecule has 0 saturated carbocycles. The van der Waals surface area contributed by atoms with Crippen LogP contribution in [0.3, 0.4) is 0 Å². The number of likely N-dealkylation sites (tertiary alicyclic amines) is 1. The summed E-state index contributed by atoms with van der Waals surface area (Å²) in [4.78, 5) is 14.0. The zero-order valence-electron chi connectivity index (χ0n) is 13.6. The molecule has 6 heteroatoms. The van der Waals surface area contributed by atoms with Crippen molar-refractivity contribution < 1.29 is 13.2 Å². The SMILES string of the molecule is CC(=O)c1ccc(S(=O)(=O)N2CCC[C@H]2CN2CCCC2)cc1. The molecule has 0 N–H and O–H groups in total. The van der Waals surface area contributed by atoms with Gasteiger partial charge >= 0.3 is 0 Å². The van der Waals surface area contributed by atoms with Gasteiger partial charge in [-0.15, -0.1) is 0 Å². The molecule has 5 nitrogen and oxygen atoms in total. The van der Waals surface area contributed by atoms with Gasteiger partial charge in [0.1, 0.15) is 0 Å². The molecule has 2 heterocycles. The number of rotatable bonds is 5. The minimum Gasteiger partial charge on any atom is -0.302 e. The average molecular weight is 336 g/mol. The minimum atomic E-state index is -3.48. The van der Waals surface area contributed by atoms with Crippen molar-refractivity contribution in [3.63, 3.8) is 0 Å². The lowest BCUT2D eigenvalue weighted by atomic mass is 10.2. The molecule has 2 saturated heterocycles. The molecule has 23 heavy (non-hydrogen) atoms. The summed E-state index contributed by atoms with van der Waals surface area (Å²) in [7, 11) is -3.48. The Bertz CT molecular complexity index is 664. The molecule has 2 aliphatic heterocycles. The summed E-state index contributed by atoms with van der Waals surface area (Å²) in [6, 6.07) is 6.38. The molecule has 0 aliphatic carbocycles. The second-order valence-corrected chi connectivity index (χ2v) is 8.39. The van der Waals surface area contributed by atoms with E-state index < -0.39 is 10.0 Å². The zero-order valence-corrected chi connectivity index (χ0v) is 14.4. The molecule has 2 aliphatic rings. The van der Waals surface area contributed by atoms with Crippen LogP contribution in [0, 0.1) is 0 Å². The average Bonchev–Trinajstić information content (AvgIpc) is 3.19. The molecule has 0 spiro atoms. The molecule has 1 aromatic rings. The quantitative estimate of drug-likeness (QED) is 0.773. The van der Waals surface area contributed by atoms with Gasteiger partial charge in [-0.3, -0.25) is 4.79 Å². The molecular weight excluding hydrogens is 312 g/mol. The van der Waals surface area contributed by atoms with E-state index in [0.717, 1.165) is 32.5 Å². The fourth-order valence-electron chi connectivity index (χ4n) is 3.57. The Hall–Kier alpha value is -1.24. The molecule has 0 unspecified atom stereocenters. The van der Waals surface area contributed by atoms with E-state index in [4.69, 9.17) is 0 Å². The Morgan fingerprint density at radius 3 is 2.35 bits per heavy atom. The lowest BCUT2D eigenvalue weighted by molar-refractivity contribution is 0.101. The molecule has 1 atom stereocenters. The van der Waals surface area contributed by atoms with Crippen molar-refractivity contribution in [1.82, 2.24) is 9.21 Å². The van der Waals surface area contributed by atoms with Gasteiger partial charge in [0.15, 0.2) is 5.78 Å². The molecule has 3 rings (SSSR count). The lowest BCUT2D eigenvalue weighted by Gasteiger charge is -2.27. The monoisotopic (exact) mass is 336 g/mol. The van der Waals surface area contributed by atoms with E-state index in [-0.39, 0.29) is 16.7 Å². The van der Waals surface area contributed by atoms with Crippen LogP contribution in [0.15, 0.2) is 29.2 Å². The lowest BCUT2D eigenvalue weighted by Crippen LogP contribution is -2.42. The van der Waals surface area contributed by atoms with E-state index in [0.29, 0.717) is 12.1 Å². The third-order valence-electron chi connectivity index (χ3n) is 4.86. The van der Waals surface area contributed by atoms with Crippen LogP contribution in [0.1, 0.15) is 43.0 Å². The first kappa shape index (κ1) is 16.6. The highest BCUT2D eigenvalue weighted by molar-refractivity contribution is 7.89. The molecule has 2 fully saturated rings. The summed E-state index contributed by atoms with van der Waals surface area (Å²) in [6.07, 6.45) is 4.28. The maximum Gasteiger partial charge on any atom is 0.243 e. The van der Waals surface area contributed by atoms with Gasteiger partial charge in [-0.25, -0.2) is 8.42 Å². The van der Waals surface area contributed by atoms with Crippen molar-refractivity contribution in [3.05, 3.63) is 29.8 Å². The second-order valence-electron chi connectivity index (χ2n) is 6.50. The minimum absolute atomic E-state index is 0.0537. The second kappa shape index (κ2) is 6.71. The summed E-state index contributed by atoms with van der Waals surface area (Å²) in [5.41, 5.74) is 0.541. The van der Waals surface area contributed by atoms with E-state index in [9.17, 15) is 13.2 Å². The maximum absolute atomic E-state index is 12.9. The Morgan fingerprint density at radius 1 is 1.09 bits per heavy atom. The number of carbonyl (C=O) groups is 1. The number of benzene rings is 1. The van der Waals surface area contributed by atoms with Crippen LogP contribution in [-0.2, 0) is 10.0 Å². The van der Waals surface area contributed by atoms with Gasteiger partial charge in [0, 0.05) is 24.7 Å². The highest BCUT2D eigenvalue weighted by Gasteiger charge is 2.36. The normalized spacial score (nSPS) is 23.4. The van der Waals surface area contributed by atoms with Crippen LogP contribution in [0.25, 0.3) is 0 Å². The fraction of sp³-hybridized carbons (Fsp3) is 0.588. The molecule has 0 radical (unpaired) electrons. The number of carbonyl (C=O) groups excluding carboxylic acids is 1. The van der Waals surface area contributed by atoms with Gasteiger partial charge in [-0.2, -0.15) is 4.31 Å². The van der Waals surface area contributed by atoms with Crippen molar-refractivity contribution in [2.75, 3.05) is 26.2 Å². The van der Waals surface area contributed by atoms with Crippen LogP contribution in [0.5, 0.6) is 0 Å². The van der Waals surface area contributed by atoms with Crippen molar-refractivity contribution >= 4 is 15.8 Å². The number of ketones is 1. The Balaban J connectivity index is 1.78. The number of hydrogen-bond donors (Lipinski definition) is 0. The summed E-state index contributed by atoms with van der Waals surface area (Å²) >= 11 is 0. The van der Waals surface area contributed by atoms with Gasteiger partial charge in [0.05, 0.1) is 4.90 Å². The van der Waals surface area contributed by atoms with Gasteiger partial charge in [-0.05, 0) is 57.8 Å². The predicted molar refractivity (Wildman–Crippen MR) is 89.0 cm³/mol. The van der Waals surface area contributed by atoms with Crippen molar-refractivity contribution in [1.29, 1.82) is 0 Å². The standard InChI is InChI=1S/C17H24N2O3S/c1-14(20)15-6-8-17(9-7-15)23(21,22)19-12-4-5-16(19)13-18-10-2-3-11-18/h6-9,16H,2-5,10-13H2,1H3/t16-/m0/s1. The zero-order chi connectivity index (χ0) is 16.4. The van der Waals surface area contributed by atoms with Crippen LogP contribution >= 0.6 is 0 Å². The van der Waals surface area contributed by atoms with Gasteiger partial charge in [0.25, 0.3) is 0 Å². The first-order valence-corrected chi connectivity index (χ1v) is 9.78. The predicted octanol–water partition coefficient (Wildman–Crippen LogP) is 2.14. The molecule has 1 aromatic carbocycles. The number of Topliss-reactive ketones (excluding diaryl/α,β-unsaturated/α-hetero) is 1. The van der Waals surface area contributed by atoms with Crippen molar-refractivity contribution in [2.24, 2.45) is 0 Å². The molecule has 126 valence electrons. The fourth-order valence-corrected chi connectivity index (χ4v) is 5.25. The highest BCUT2D eigenvalue weighted by Crippen LogP contribution is 2.27. The Kier molecular flexibility index (Phi) is 4.85. The largest absolute Gasteiger partial charge is 0.302 e. The number of hydrogen-bond acceptors (Lipinski definition) is 4. The Labute approximate surface area is 138 Å². The first-order valence-electron chi connectivity index (χ1n) is 8.34. The van der Waals surface area contributed by atoms with Crippen LogP contribution in [-0.4, -0.2) is 55.6 Å². The maximum atomic E-state index is 12.9. The Morgan fingerprint density at radius 2 is 1.74 bits per heavy atom. The number of nitrogens with zero attached hydrogens (tertiary/aromatic N) is 2. The van der Waals surface area contributed by atoms with Gasteiger partial charge in [-0.1, -0.05) is 12.1 Å². The molecule has 0 aromatic heterocycles. The van der Waals surface area contributed by atoms with Crippen molar-refractivity contribution in [2.45, 2.75) is 43.5 Å². The van der Waals surface area contributed by atoms with Gasteiger partial charge < -0.3 is 4.90 Å². The van der Waals surface area contributed by atoms with E-state index in [1.807, 2.05) is 0 Å². The summed E-state index contributed by atoms with van der Waals surface area (Å²) in [6.45, 7) is 5.07. The summed E-state index contributed by atoms with van der Waals surface area (Å²) < 4.78 is 27.5. The molecule has 0 amide bonds. The van der Waals surface area contributed by atoms with E-state index in [1.54, 1.807) is 28.6 Å². The summed E-state index contributed by atoms with van der Waals surface area (Å²) in [5, 5.41) is 0. The van der Waals surface area contributed by atoms with Gasteiger partial charge in [0.2, 0.25) is 10.0 Å². The van der Waals surface area contributed by atoms with Crippen LogP contribution in [0.2, 0.25) is 0 Å².